The molecule has 0 fully saturated rings. The van der Waals surface area contributed by atoms with Crippen LogP contribution < -0.4 is 10.1 Å². The highest BCUT2D eigenvalue weighted by Gasteiger charge is 2.22. The number of carboxylic acids is 1. The summed E-state index contributed by atoms with van der Waals surface area (Å²) < 4.78 is 5.92. The van der Waals surface area contributed by atoms with Crippen molar-refractivity contribution in [2.24, 2.45) is 0 Å². The zero-order valence-corrected chi connectivity index (χ0v) is 24.1. The Morgan fingerprint density at radius 2 is 1.75 bits per heavy atom. The van der Waals surface area contributed by atoms with Gasteiger partial charge >= 0.3 is 5.97 Å². The molecule has 0 atom stereocenters. The number of nitrogens with zero attached hydrogens (tertiary/aromatic N) is 1. The van der Waals surface area contributed by atoms with E-state index < -0.39 is 5.97 Å². The van der Waals surface area contributed by atoms with Crippen LogP contribution in [0.3, 0.4) is 0 Å². The van der Waals surface area contributed by atoms with E-state index in [1.165, 1.54) is 4.90 Å². The number of ether oxygens (including phenoxy) is 1. The van der Waals surface area contributed by atoms with Crippen LogP contribution in [0.5, 0.6) is 5.75 Å². The van der Waals surface area contributed by atoms with E-state index in [9.17, 15) is 14.7 Å². The van der Waals surface area contributed by atoms with Crippen molar-refractivity contribution in [1.29, 1.82) is 0 Å². The molecule has 0 saturated carbocycles. The van der Waals surface area contributed by atoms with Gasteiger partial charge in [0.15, 0.2) is 0 Å². The van der Waals surface area contributed by atoms with E-state index in [1.54, 1.807) is 44.4 Å². The third-order valence-corrected chi connectivity index (χ3v) is 7.25. The summed E-state index contributed by atoms with van der Waals surface area (Å²) in [5, 5.41) is 13.9. The van der Waals surface area contributed by atoms with Crippen LogP contribution in [0.25, 0.3) is 11.1 Å². The van der Waals surface area contributed by atoms with Gasteiger partial charge in [0.2, 0.25) is 5.91 Å². The highest BCUT2D eigenvalue weighted by atomic mass is 35.5. The van der Waals surface area contributed by atoms with Gasteiger partial charge in [-0.25, -0.2) is 4.79 Å². The first-order valence-electron chi connectivity index (χ1n) is 13.1. The minimum absolute atomic E-state index is 0.0478. The molecule has 0 saturated heterocycles. The Bertz CT molecular complexity index is 1450. The van der Waals surface area contributed by atoms with Crippen LogP contribution in [0.2, 0.25) is 10.0 Å². The molecule has 0 unspecified atom stereocenters. The zero-order chi connectivity index (χ0) is 28.6. The van der Waals surface area contributed by atoms with Crippen molar-refractivity contribution in [2.45, 2.75) is 19.3 Å². The van der Waals surface area contributed by atoms with Crippen LogP contribution in [-0.2, 0) is 11.2 Å². The van der Waals surface area contributed by atoms with E-state index >= 15 is 0 Å². The average Bonchev–Trinajstić information content (AvgIpc) is 3.11. The molecule has 3 aromatic carbocycles. The van der Waals surface area contributed by atoms with Crippen molar-refractivity contribution >= 4 is 46.2 Å². The fourth-order valence-corrected chi connectivity index (χ4v) is 5.23. The van der Waals surface area contributed by atoms with Crippen LogP contribution in [0.1, 0.15) is 45.5 Å². The Morgan fingerprint density at radius 3 is 2.45 bits per heavy atom. The summed E-state index contributed by atoms with van der Waals surface area (Å²) in [5.41, 5.74) is 6.33. The number of benzene rings is 3. The largest absolute Gasteiger partial charge is 0.492 e. The standard InChI is InChI=1S/C32H32Cl2N2O4/c1-36(2)30(37)7-4-16-35-17-18-40-25-12-8-21(9-13-25)31-26-14-10-23(32(38)39)19-22(26)5-3-6-28(31)27-15-11-24(33)20-29(27)34/h4,7-15,19-20,35H,3,5-6,16-18H2,1-2H3,(H,38,39). The fraction of sp³-hybridized carbons (Fsp3) is 0.250. The molecule has 1 aliphatic carbocycles. The molecular weight excluding hydrogens is 547 g/mol. The summed E-state index contributed by atoms with van der Waals surface area (Å²) in [5.74, 6) is -0.244. The number of allylic oxidation sites excluding steroid dienone is 1. The highest BCUT2D eigenvalue weighted by Crippen LogP contribution is 2.42. The molecule has 1 aliphatic rings. The number of halogens is 2. The molecule has 208 valence electrons. The van der Waals surface area contributed by atoms with Gasteiger partial charge in [-0.2, -0.15) is 0 Å². The first-order valence-corrected chi connectivity index (χ1v) is 13.9. The fourth-order valence-electron chi connectivity index (χ4n) is 4.71. The van der Waals surface area contributed by atoms with E-state index in [-0.39, 0.29) is 11.5 Å². The number of aryl methyl sites for hydroxylation is 1. The van der Waals surface area contributed by atoms with Crippen molar-refractivity contribution in [1.82, 2.24) is 10.2 Å². The van der Waals surface area contributed by atoms with Gasteiger partial charge in [-0.15, -0.1) is 0 Å². The Morgan fingerprint density at radius 1 is 1.00 bits per heavy atom. The topological polar surface area (TPSA) is 78.9 Å². The molecule has 40 heavy (non-hydrogen) atoms. The number of carboxylic acid groups (broad SMARTS) is 1. The number of amides is 1. The summed E-state index contributed by atoms with van der Waals surface area (Å²) in [6.45, 7) is 1.69. The second-order valence-electron chi connectivity index (χ2n) is 9.72. The van der Waals surface area contributed by atoms with Gasteiger partial charge in [0.25, 0.3) is 0 Å². The summed E-state index contributed by atoms with van der Waals surface area (Å²) >= 11 is 12.9. The Kier molecular flexibility index (Phi) is 10.0. The molecule has 0 aromatic heterocycles. The number of carbonyl (C=O) groups excluding carboxylic acids is 1. The second kappa shape index (κ2) is 13.7. The van der Waals surface area contributed by atoms with Gasteiger partial charge in [0.1, 0.15) is 12.4 Å². The number of hydrogen-bond acceptors (Lipinski definition) is 4. The van der Waals surface area contributed by atoms with Crippen molar-refractivity contribution in [2.75, 3.05) is 33.8 Å². The summed E-state index contributed by atoms with van der Waals surface area (Å²) in [7, 11) is 3.43. The monoisotopic (exact) mass is 578 g/mol. The van der Waals surface area contributed by atoms with Gasteiger partial charge in [0, 0.05) is 43.3 Å². The number of aromatic carboxylic acids is 1. The van der Waals surface area contributed by atoms with E-state index in [0.717, 1.165) is 58.4 Å². The van der Waals surface area contributed by atoms with E-state index in [4.69, 9.17) is 27.9 Å². The molecule has 3 aromatic rings. The maximum absolute atomic E-state index is 11.7. The predicted octanol–water partition coefficient (Wildman–Crippen LogP) is 6.60. The Balaban J connectivity index is 1.57. The van der Waals surface area contributed by atoms with Crippen LogP contribution in [0.15, 0.2) is 72.8 Å². The van der Waals surface area contributed by atoms with Gasteiger partial charge in [-0.1, -0.05) is 53.5 Å². The molecular formula is C32H32Cl2N2O4. The normalized spacial score (nSPS) is 13.2. The number of rotatable bonds is 10. The second-order valence-corrected chi connectivity index (χ2v) is 10.6. The SMILES string of the molecule is CN(C)C(=O)C=CCNCCOc1ccc(C2=C(c3ccc(Cl)cc3Cl)CCCc3cc(C(=O)O)ccc32)cc1. The molecule has 2 N–H and O–H groups in total. The predicted molar refractivity (Wildman–Crippen MR) is 161 cm³/mol. The molecule has 0 heterocycles. The summed E-state index contributed by atoms with van der Waals surface area (Å²) in [4.78, 5) is 24.7. The highest BCUT2D eigenvalue weighted by molar-refractivity contribution is 6.36. The first-order chi connectivity index (χ1) is 19.2. The lowest BCUT2D eigenvalue weighted by atomic mass is 9.87. The molecule has 8 heteroatoms. The third kappa shape index (κ3) is 7.33. The van der Waals surface area contributed by atoms with Crippen LogP contribution in [-0.4, -0.2) is 55.7 Å². The number of hydrogen-bond donors (Lipinski definition) is 2. The smallest absolute Gasteiger partial charge is 0.335 e. The van der Waals surface area contributed by atoms with E-state index in [2.05, 4.69) is 5.32 Å². The lowest BCUT2D eigenvalue weighted by molar-refractivity contribution is -0.123. The van der Waals surface area contributed by atoms with Gasteiger partial charge in [-0.3, -0.25) is 4.79 Å². The van der Waals surface area contributed by atoms with Crippen LogP contribution in [0, 0.1) is 0 Å². The average molecular weight is 580 g/mol. The number of carbonyl (C=O) groups is 2. The summed E-state index contributed by atoms with van der Waals surface area (Å²) in [6, 6.07) is 18.8. The zero-order valence-electron chi connectivity index (χ0n) is 22.5. The maximum Gasteiger partial charge on any atom is 0.335 e. The molecule has 0 bridgehead atoms. The first kappa shape index (κ1) is 29.4. The lowest BCUT2D eigenvalue weighted by Crippen LogP contribution is -2.22. The molecule has 0 spiro atoms. The van der Waals surface area contributed by atoms with Crippen molar-refractivity contribution in [3.05, 3.63) is 111 Å². The number of fused-ring (bicyclic) bond motifs is 1. The number of likely N-dealkylation sites (N-methyl/N-ethyl adjacent to an activating group) is 1. The summed E-state index contributed by atoms with van der Waals surface area (Å²) in [6.07, 6.45) is 5.74. The Hall–Kier alpha value is -3.58. The van der Waals surface area contributed by atoms with E-state index in [0.29, 0.717) is 29.7 Å². The number of nitrogens with one attached hydrogen (secondary N) is 1. The molecule has 1 amide bonds. The van der Waals surface area contributed by atoms with Crippen molar-refractivity contribution in [3.8, 4) is 5.75 Å². The van der Waals surface area contributed by atoms with Crippen molar-refractivity contribution in [3.63, 3.8) is 0 Å². The molecule has 0 radical (unpaired) electrons. The molecule has 4 rings (SSSR count). The van der Waals surface area contributed by atoms with E-state index in [1.807, 2.05) is 42.5 Å². The quantitative estimate of drug-likeness (QED) is 0.209. The Labute approximate surface area is 244 Å². The van der Waals surface area contributed by atoms with Crippen molar-refractivity contribution < 1.29 is 19.4 Å². The van der Waals surface area contributed by atoms with Crippen LogP contribution in [0.4, 0.5) is 0 Å². The van der Waals surface area contributed by atoms with Gasteiger partial charge in [0.05, 0.1) is 5.56 Å². The minimum atomic E-state index is -0.937. The lowest BCUT2D eigenvalue weighted by Gasteiger charge is -2.18. The molecule has 0 aliphatic heterocycles. The van der Waals surface area contributed by atoms with Gasteiger partial charge in [-0.05, 0) is 89.1 Å². The van der Waals surface area contributed by atoms with Gasteiger partial charge < -0.3 is 20.1 Å². The third-order valence-electron chi connectivity index (χ3n) is 6.71. The minimum Gasteiger partial charge on any atom is -0.492 e. The molecule has 6 nitrogen and oxygen atoms in total. The maximum atomic E-state index is 11.7. The van der Waals surface area contributed by atoms with Crippen LogP contribution >= 0.6 is 23.2 Å².